The maximum atomic E-state index is 11.3. The van der Waals surface area contributed by atoms with Gasteiger partial charge in [0.15, 0.2) is 0 Å². The predicted octanol–water partition coefficient (Wildman–Crippen LogP) is 4.01. The molecule has 90 valence electrons. The lowest BCUT2D eigenvalue weighted by molar-refractivity contribution is 0.136. The molecule has 0 atom stereocenters. The third-order valence-electron chi connectivity index (χ3n) is 2.34. The third-order valence-corrected chi connectivity index (χ3v) is 2.34. The standard InChI is InChI=1S/C15H12O3/c1-2-17-15(16)18-14-11-7-6-10-13(14)12-8-4-3-5-9-12/h2-11H,1H2. The Hall–Kier alpha value is -2.55. The first-order chi connectivity index (χ1) is 8.81. The summed E-state index contributed by atoms with van der Waals surface area (Å²) in [5.74, 6) is 0.454. The number of hydrogen-bond acceptors (Lipinski definition) is 3. The van der Waals surface area contributed by atoms with Gasteiger partial charge in [-0.25, -0.2) is 4.79 Å². The van der Waals surface area contributed by atoms with Crippen LogP contribution in [0.2, 0.25) is 0 Å². The summed E-state index contributed by atoms with van der Waals surface area (Å²) < 4.78 is 9.65. The minimum absolute atomic E-state index is 0.454. The molecule has 0 bridgehead atoms. The molecule has 2 rings (SSSR count). The Labute approximate surface area is 105 Å². The predicted molar refractivity (Wildman–Crippen MR) is 69.2 cm³/mol. The summed E-state index contributed by atoms with van der Waals surface area (Å²) in [5.41, 5.74) is 1.80. The van der Waals surface area contributed by atoms with Crippen molar-refractivity contribution < 1.29 is 14.3 Å². The van der Waals surface area contributed by atoms with Crippen molar-refractivity contribution in [3.8, 4) is 16.9 Å². The largest absolute Gasteiger partial charge is 0.518 e. The summed E-state index contributed by atoms with van der Waals surface area (Å²) in [6.45, 7) is 3.30. The molecule has 0 N–H and O–H groups in total. The fourth-order valence-electron chi connectivity index (χ4n) is 1.59. The molecule has 0 aliphatic carbocycles. The van der Waals surface area contributed by atoms with Crippen molar-refractivity contribution in [1.82, 2.24) is 0 Å². The van der Waals surface area contributed by atoms with Gasteiger partial charge in [0.05, 0.1) is 6.26 Å². The van der Waals surface area contributed by atoms with Crippen LogP contribution < -0.4 is 4.74 Å². The van der Waals surface area contributed by atoms with E-state index in [1.807, 2.05) is 42.5 Å². The number of hydrogen-bond donors (Lipinski definition) is 0. The Morgan fingerprint density at radius 3 is 2.39 bits per heavy atom. The van der Waals surface area contributed by atoms with E-state index >= 15 is 0 Å². The molecule has 0 spiro atoms. The Morgan fingerprint density at radius 2 is 1.67 bits per heavy atom. The highest BCUT2D eigenvalue weighted by Gasteiger charge is 2.10. The summed E-state index contributed by atoms with van der Waals surface area (Å²) in [7, 11) is 0. The molecule has 0 saturated carbocycles. The van der Waals surface area contributed by atoms with Gasteiger partial charge in [0, 0.05) is 5.56 Å². The summed E-state index contributed by atoms with van der Waals surface area (Å²) in [4.78, 5) is 11.3. The topological polar surface area (TPSA) is 35.5 Å². The molecule has 0 aliphatic heterocycles. The van der Waals surface area contributed by atoms with Crippen LogP contribution in [0.1, 0.15) is 0 Å². The molecular formula is C15H12O3. The van der Waals surface area contributed by atoms with Crippen molar-refractivity contribution in [1.29, 1.82) is 0 Å². The quantitative estimate of drug-likeness (QED) is 0.462. The molecule has 2 aromatic carbocycles. The van der Waals surface area contributed by atoms with E-state index in [0.29, 0.717) is 5.75 Å². The molecule has 3 nitrogen and oxygen atoms in total. The zero-order valence-electron chi connectivity index (χ0n) is 9.71. The first-order valence-electron chi connectivity index (χ1n) is 5.45. The van der Waals surface area contributed by atoms with Gasteiger partial charge in [-0.2, -0.15) is 0 Å². The number of ether oxygens (including phenoxy) is 2. The zero-order chi connectivity index (χ0) is 12.8. The smallest absolute Gasteiger partial charge is 0.403 e. The van der Waals surface area contributed by atoms with Crippen LogP contribution in [0.3, 0.4) is 0 Å². The third kappa shape index (κ3) is 2.77. The Balaban J connectivity index is 2.32. The van der Waals surface area contributed by atoms with Crippen molar-refractivity contribution in [2.24, 2.45) is 0 Å². The zero-order valence-corrected chi connectivity index (χ0v) is 9.71. The fourth-order valence-corrected chi connectivity index (χ4v) is 1.59. The number of carbonyl (C=O) groups excluding carboxylic acids is 1. The molecule has 0 aromatic heterocycles. The van der Waals surface area contributed by atoms with Crippen LogP contribution in [0.5, 0.6) is 5.75 Å². The molecule has 0 radical (unpaired) electrons. The summed E-state index contributed by atoms with van der Waals surface area (Å²) in [6.07, 6.45) is 0.237. The maximum Gasteiger partial charge on any atom is 0.518 e. The van der Waals surface area contributed by atoms with E-state index in [0.717, 1.165) is 17.4 Å². The van der Waals surface area contributed by atoms with Crippen LogP contribution >= 0.6 is 0 Å². The average molecular weight is 240 g/mol. The molecule has 0 aliphatic rings. The number of carbonyl (C=O) groups is 1. The molecule has 0 amide bonds. The summed E-state index contributed by atoms with van der Waals surface area (Å²) >= 11 is 0. The number of rotatable bonds is 3. The summed E-state index contributed by atoms with van der Waals surface area (Å²) in [6, 6.07) is 16.9. The molecule has 18 heavy (non-hydrogen) atoms. The highest BCUT2D eigenvalue weighted by molar-refractivity contribution is 5.74. The van der Waals surface area contributed by atoms with Crippen LogP contribution in [0.25, 0.3) is 11.1 Å². The molecule has 2 aromatic rings. The van der Waals surface area contributed by atoms with Crippen molar-refractivity contribution >= 4 is 6.16 Å². The molecule has 3 heteroatoms. The molecular weight excluding hydrogens is 228 g/mol. The molecule has 0 fully saturated rings. The lowest BCUT2D eigenvalue weighted by Crippen LogP contribution is -2.07. The lowest BCUT2D eigenvalue weighted by Gasteiger charge is -2.08. The van der Waals surface area contributed by atoms with E-state index in [2.05, 4.69) is 11.3 Å². The minimum Gasteiger partial charge on any atom is -0.403 e. The van der Waals surface area contributed by atoms with Crippen LogP contribution in [-0.4, -0.2) is 6.16 Å². The van der Waals surface area contributed by atoms with Crippen LogP contribution in [0, 0.1) is 0 Å². The highest BCUT2D eigenvalue weighted by atomic mass is 16.7. The monoisotopic (exact) mass is 240 g/mol. The van der Waals surface area contributed by atoms with Crippen molar-refractivity contribution in [3.05, 3.63) is 67.4 Å². The van der Waals surface area contributed by atoms with Gasteiger partial charge in [-0.05, 0) is 11.6 Å². The second-order valence-corrected chi connectivity index (χ2v) is 3.50. The van der Waals surface area contributed by atoms with E-state index in [1.54, 1.807) is 12.1 Å². The van der Waals surface area contributed by atoms with Gasteiger partial charge in [-0.3, -0.25) is 0 Å². The second-order valence-electron chi connectivity index (χ2n) is 3.50. The van der Waals surface area contributed by atoms with Gasteiger partial charge in [-0.1, -0.05) is 55.1 Å². The van der Waals surface area contributed by atoms with E-state index in [4.69, 9.17) is 4.74 Å². The second kappa shape index (κ2) is 5.68. The fraction of sp³-hybridized carbons (Fsp3) is 0. The Bertz CT molecular complexity index is 547. The SMILES string of the molecule is C=COC(=O)Oc1ccccc1-c1ccccc1. The van der Waals surface area contributed by atoms with E-state index < -0.39 is 6.16 Å². The van der Waals surface area contributed by atoms with Gasteiger partial charge in [-0.15, -0.1) is 0 Å². The van der Waals surface area contributed by atoms with Gasteiger partial charge in [0.2, 0.25) is 0 Å². The Kier molecular flexibility index (Phi) is 3.76. The Morgan fingerprint density at radius 1 is 1.00 bits per heavy atom. The van der Waals surface area contributed by atoms with Crippen LogP contribution in [0.15, 0.2) is 67.4 Å². The van der Waals surface area contributed by atoms with Crippen molar-refractivity contribution in [3.63, 3.8) is 0 Å². The summed E-state index contributed by atoms with van der Waals surface area (Å²) in [5, 5.41) is 0. The molecule has 0 unspecified atom stereocenters. The van der Waals surface area contributed by atoms with E-state index in [9.17, 15) is 4.79 Å². The van der Waals surface area contributed by atoms with E-state index in [1.165, 1.54) is 0 Å². The van der Waals surface area contributed by atoms with E-state index in [-0.39, 0.29) is 0 Å². The van der Waals surface area contributed by atoms with Crippen LogP contribution in [0.4, 0.5) is 4.79 Å². The maximum absolute atomic E-state index is 11.3. The van der Waals surface area contributed by atoms with Gasteiger partial charge >= 0.3 is 6.16 Å². The number of para-hydroxylation sites is 1. The first kappa shape index (κ1) is 11.9. The average Bonchev–Trinajstić information content (AvgIpc) is 2.40. The van der Waals surface area contributed by atoms with Gasteiger partial charge in [0.1, 0.15) is 5.75 Å². The number of benzene rings is 2. The molecule has 0 saturated heterocycles. The van der Waals surface area contributed by atoms with Crippen molar-refractivity contribution in [2.75, 3.05) is 0 Å². The highest BCUT2D eigenvalue weighted by Crippen LogP contribution is 2.29. The normalized spacial score (nSPS) is 9.56. The first-order valence-corrected chi connectivity index (χ1v) is 5.45. The molecule has 0 heterocycles. The van der Waals surface area contributed by atoms with Crippen molar-refractivity contribution in [2.45, 2.75) is 0 Å². The minimum atomic E-state index is -0.798. The van der Waals surface area contributed by atoms with Crippen LogP contribution in [-0.2, 0) is 4.74 Å². The lowest BCUT2D eigenvalue weighted by atomic mass is 10.1. The van der Waals surface area contributed by atoms with Gasteiger partial charge in [0.25, 0.3) is 0 Å². The van der Waals surface area contributed by atoms with Gasteiger partial charge < -0.3 is 9.47 Å².